The van der Waals surface area contributed by atoms with Crippen molar-refractivity contribution >= 4 is 17.6 Å². The fraction of sp³-hybridized carbons (Fsp3) is 0.333. The Bertz CT molecular complexity index is 565. The largest absolute Gasteiger partial charge is 0.472 e. The van der Waals surface area contributed by atoms with Gasteiger partial charge in [0.25, 0.3) is 5.91 Å². The van der Waals surface area contributed by atoms with E-state index in [1.165, 1.54) is 13.2 Å². The molecule has 1 spiro atoms. The highest BCUT2D eigenvalue weighted by molar-refractivity contribution is 6.04. The minimum Gasteiger partial charge on any atom is -0.472 e. The summed E-state index contributed by atoms with van der Waals surface area (Å²) in [4.78, 5) is 23.1. The van der Waals surface area contributed by atoms with E-state index in [9.17, 15) is 14.0 Å². The zero-order valence-corrected chi connectivity index (χ0v) is 9.58. The molecule has 1 amide bonds. The highest BCUT2D eigenvalue weighted by Gasteiger charge is 2.56. The van der Waals surface area contributed by atoms with Gasteiger partial charge in [-0.1, -0.05) is 0 Å². The molecule has 1 N–H and O–H groups in total. The van der Waals surface area contributed by atoms with Crippen LogP contribution < -0.4 is 10.1 Å². The summed E-state index contributed by atoms with van der Waals surface area (Å²) >= 11 is 0. The van der Waals surface area contributed by atoms with Crippen molar-refractivity contribution in [3.63, 3.8) is 0 Å². The maximum atomic E-state index is 13.8. The second-order valence-corrected chi connectivity index (χ2v) is 4.38. The van der Waals surface area contributed by atoms with Crippen LogP contribution in [0.2, 0.25) is 0 Å². The Morgan fingerprint density at radius 2 is 2.22 bits per heavy atom. The Morgan fingerprint density at radius 1 is 1.50 bits per heavy atom. The lowest BCUT2D eigenvalue weighted by atomic mass is 10.1. The Labute approximate surface area is 102 Å². The van der Waals surface area contributed by atoms with Gasteiger partial charge in [-0.3, -0.25) is 4.79 Å². The van der Waals surface area contributed by atoms with Crippen LogP contribution in [0.4, 0.5) is 10.1 Å². The van der Waals surface area contributed by atoms with Crippen molar-refractivity contribution in [1.82, 2.24) is 0 Å². The molecule has 2 aliphatic rings. The third-order valence-corrected chi connectivity index (χ3v) is 3.13. The highest BCUT2D eigenvalue weighted by Crippen LogP contribution is 2.47. The van der Waals surface area contributed by atoms with E-state index in [2.05, 4.69) is 10.1 Å². The first-order valence-corrected chi connectivity index (χ1v) is 5.48. The molecule has 1 aliphatic carbocycles. The first-order chi connectivity index (χ1) is 8.55. The predicted octanol–water partition coefficient (Wildman–Crippen LogP) is 1.48. The van der Waals surface area contributed by atoms with Crippen LogP contribution in [0.5, 0.6) is 5.75 Å². The topological polar surface area (TPSA) is 64.6 Å². The number of amides is 1. The van der Waals surface area contributed by atoms with E-state index in [1.54, 1.807) is 0 Å². The lowest BCUT2D eigenvalue weighted by Crippen LogP contribution is -2.39. The molecule has 0 aromatic heterocycles. The second-order valence-electron chi connectivity index (χ2n) is 4.38. The lowest BCUT2D eigenvalue weighted by molar-refractivity contribution is -0.125. The summed E-state index contributed by atoms with van der Waals surface area (Å²) in [5, 5.41) is 2.56. The molecule has 94 valence electrons. The Hall–Kier alpha value is -2.11. The van der Waals surface area contributed by atoms with Gasteiger partial charge in [-0.25, -0.2) is 9.18 Å². The number of hydrogen-bond acceptors (Lipinski definition) is 4. The lowest BCUT2D eigenvalue weighted by Gasteiger charge is -2.26. The number of esters is 1. The third kappa shape index (κ3) is 1.45. The van der Waals surface area contributed by atoms with E-state index < -0.39 is 17.4 Å². The molecule has 1 aromatic rings. The van der Waals surface area contributed by atoms with E-state index in [4.69, 9.17) is 4.74 Å². The number of fused-ring (bicyclic) bond motifs is 1. The Kier molecular flexibility index (Phi) is 2.10. The minimum absolute atomic E-state index is 0.0141. The molecule has 0 unspecified atom stereocenters. The van der Waals surface area contributed by atoms with Gasteiger partial charge in [0.15, 0.2) is 17.2 Å². The highest BCUT2D eigenvalue weighted by atomic mass is 19.1. The normalized spacial score (nSPS) is 18.7. The molecule has 1 aromatic carbocycles. The molecular weight excluding hydrogens is 241 g/mol. The number of carbonyl (C=O) groups excluding carboxylic acids is 2. The summed E-state index contributed by atoms with van der Waals surface area (Å²) in [5.74, 6) is -1.66. The molecule has 0 radical (unpaired) electrons. The number of benzene rings is 1. The van der Waals surface area contributed by atoms with Crippen LogP contribution in [-0.4, -0.2) is 24.6 Å². The Morgan fingerprint density at radius 3 is 2.83 bits per heavy atom. The minimum atomic E-state index is -0.902. The maximum absolute atomic E-state index is 13.8. The van der Waals surface area contributed by atoms with E-state index >= 15 is 0 Å². The third-order valence-electron chi connectivity index (χ3n) is 3.13. The van der Waals surface area contributed by atoms with Gasteiger partial charge < -0.3 is 14.8 Å². The van der Waals surface area contributed by atoms with Crippen LogP contribution in [0.1, 0.15) is 23.2 Å². The molecule has 1 saturated carbocycles. The van der Waals surface area contributed by atoms with Crippen molar-refractivity contribution in [2.75, 3.05) is 12.4 Å². The molecule has 0 saturated heterocycles. The number of halogens is 1. The van der Waals surface area contributed by atoms with Gasteiger partial charge >= 0.3 is 5.97 Å². The van der Waals surface area contributed by atoms with Crippen LogP contribution >= 0.6 is 0 Å². The van der Waals surface area contributed by atoms with Crippen LogP contribution in [0.25, 0.3) is 0 Å². The number of methoxy groups -OCH3 is 1. The molecule has 1 fully saturated rings. The van der Waals surface area contributed by atoms with Crippen molar-refractivity contribution in [3.05, 3.63) is 23.5 Å². The van der Waals surface area contributed by atoms with Crippen molar-refractivity contribution in [2.45, 2.75) is 18.4 Å². The van der Waals surface area contributed by atoms with Gasteiger partial charge in [-0.15, -0.1) is 0 Å². The van der Waals surface area contributed by atoms with Crippen LogP contribution in [0, 0.1) is 5.82 Å². The van der Waals surface area contributed by atoms with Crippen LogP contribution in [0.3, 0.4) is 0 Å². The summed E-state index contributed by atoms with van der Waals surface area (Å²) < 4.78 is 23.7. The summed E-state index contributed by atoms with van der Waals surface area (Å²) in [6.45, 7) is 0. The number of rotatable bonds is 1. The molecule has 0 atom stereocenters. The van der Waals surface area contributed by atoms with Crippen LogP contribution in [0.15, 0.2) is 12.1 Å². The molecule has 18 heavy (non-hydrogen) atoms. The number of nitrogens with one attached hydrogen (secondary N) is 1. The number of hydrogen-bond donors (Lipinski definition) is 1. The summed E-state index contributed by atoms with van der Waals surface area (Å²) in [6.07, 6.45) is 1.16. The number of carbonyl (C=O) groups is 2. The van der Waals surface area contributed by atoms with E-state index in [-0.39, 0.29) is 22.9 Å². The van der Waals surface area contributed by atoms with Crippen molar-refractivity contribution in [2.24, 2.45) is 0 Å². The average Bonchev–Trinajstić information content (AvgIpc) is 3.12. The Balaban J connectivity index is 2.05. The van der Waals surface area contributed by atoms with Gasteiger partial charge in [0.1, 0.15) is 0 Å². The summed E-state index contributed by atoms with van der Waals surface area (Å²) in [7, 11) is 1.20. The smallest absolute Gasteiger partial charge is 0.338 e. The standard InChI is InChI=1S/C12H10FNO4/c1-17-10(15)6-4-7(13)9-8(5-6)14-11(16)12(18-9)2-3-12/h4-5H,2-3H2,1H3,(H,14,16). The van der Waals surface area contributed by atoms with Crippen molar-refractivity contribution in [3.8, 4) is 5.75 Å². The molecule has 3 rings (SSSR count). The molecular formula is C12H10FNO4. The predicted molar refractivity (Wildman–Crippen MR) is 59.0 cm³/mol. The van der Waals surface area contributed by atoms with E-state index in [0.717, 1.165) is 6.07 Å². The molecule has 6 heteroatoms. The average molecular weight is 251 g/mol. The van der Waals surface area contributed by atoms with Gasteiger partial charge in [0.05, 0.1) is 18.4 Å². The zero-order valence-electron chi connectivity index (χ0n) is 9.58. The van der Waals surface area contributed by atoms with E-state index in [0.29, 0.717) is 12.8 Å². The van der Waals surface area contributed by atoms with Crippen molar-refractivity contribution in [1.29, 1.82) is 0 Å². The molecule has 1 aliphatic heterocycles. The van der Waals surface area contributed by atoms with Gasteiger partial charge in [0, 0.05) is 12.8 Å². The molecule has 0 bridgehead atoms. The second kappa shape index (κ2) is 3.44. The first kappa shape index (κ1) is 11.0. The first-order valence-electron chi connectivity index (χ1n) is 5.48. The molecule has 1 heterocycles. The van der Waals surface area contributed by atoms with E-state index in [1.807, 2.05) is 0 Å². The summed E-state index contributed by atoms with van der Waals surface area (Å²) in [5.41, 5.74) is -0.706. The number of ether oxygens (including phenoxy) is 2. The maximum Gasteiger partial charge on any atom is 0.338 e. The summed E-state index contributed by atoms with van der Waals surface area (Å²) in [6, 6.07) is 2.38. The van der Waals surface area contributed by atoms with Crippen molar-refractivity contribution < 1.29 is 23.5 Å². The quantitative estimate of drug-likeness (QED) is 0.768. The fourth-order valence-corrected chi connectivity index (χ4v) is 1.95. The van der Waals surface area contributed by atoms with Crippen LogP contribution in [-0.2, 0) is 9.53 Å². The van der Waals surface area contributed by atoms with Gasteiger partial charge in [-0.2, -0.15) is 0 Å². The van der Waals surface area contributed by atoms with Gasteiger partial charge in [0.2, 0.25) is 0 Å². The zero-order chi connectivity index (χ0) is 12.9. The monoisotopic (exact) mass is 251 g/mol. The fourth-order valence-electron chi connectivity index (χ4n) is 1.95. The number of anilines is 1. The SMILES string of the molecule is COC(=O)c1cc(F)c2c(c1)NC(=O)C1(CC1)O2. The molecule has 5 nitrogen and oxygen atoms in total. The van der Waals surface area contributed by atoms with Gasteiger partial charge in [-0.05, 0) is 12.1 Å².